The summed E-state index contributed by atoms with van der Waals surface area (Å²) >= 11 is 0. The maximum atomic E-state index is 12.2. The molecule has 0 fully saturated rings. The van der Waals surface area contributed by atoms with Crippen molar-refractivity contribution in [1.82, 2.24) is 9.78 Å². The van der Waals surface area contributed by atoms with Gasteiger partial charge in [0.1, 0.15) is 5.58 Å². The molecule has 0 aliphatic carbocycles. The fourth-order valence-corrected chi connectivity index (χ4v) is 2.32. The number of rotatable bonds is 4. The lowest BCUT2D eigenvalue weighted by Crippen LogP contribution is -2.16. The Labute approximate surface area is 126 Å². The van der Waals surface area contributed by atoms with E-state index in [1.807, 2.05) is 18.2 Å². The maximum absolute atomic E-state index is 12.2. The van der Waals surface area contributed by atoms with Crippen molar-refractivity contribution in [2.24, 2.45) is 7.05 Å². The maximum Gasteiger partial charge on any atom is 0.230 e. The summed E-state index contributed by atoms with van der Waals surface area (Å²) in [7, 11) is 1.79. The van der Waals surface area contributed by atoms with Crippen LogP contribution in [0.1, 0.15) is 23.2 Å². The number of aromatic nitrogens is 2. The molecule has 0 aliphatic rings. The minimum atomic E-state index is -0.243. The molecule has 6 nitrogen and oxygen atoms in total. The summed E-state index contributed by atoms with van der Waals surface area (Å²) in [5.74, 6) is -0.312. The quantitative estimate of drug-likeness (QED) is 0.751. The molecule has 0 unspecified atom stereocenters. The van der Waals surface area contributed by atoms with E-state index in [1.165, 1.54) is 6.92 Å². The number of benzene rings is 1. The van der Waals surface area contributed by atoms with Crippen LogP contribution in [0.2, 0.25) is 0 Å². The zero-order valence-electron chi connectivity index (χ0n) is 12.3. The van der Waals surface area contributed by atoms with Gasteiger partial charge in [0.05, 0.1) is 17.8 Å². The van der Waals surface area contributed by atoms with E-state index >= 15 is 0 Å². The van der Waals surface area contributed by atoms with Gasteiger partial charge in [0, 0.05) is 25.6 Å². The number of nitrogens with zero attached hydrogens (tertiary/aromatic N) is 2. The number of furan rings is 1. The molecule has 0 saturated heterocycles. The van der Waals surface area contributed by atoms with Gasteiger partial charge in [-0.2, -0.15) is 5.10 Å². The van der Waals surface area contributed by atoms with Crippen LogP contribution in [0.5, 0.6) is 0 Å². The molecule has 1 aromatic carbocycles. The van der Waals surface area contributed by atoms with Gasteiger partial charge in [-0.25, -0.2) is 0 Å². The monoisotopic (exact) mass is 297 g/mol. The normalized spacial score (nSPS) is 10.8. The molecule has 0 radical (unpaired) electrons. The summed E-state index contributed by atoms with van der Waals surface area (Å²) in [5, 5.41) is 7.65. The van der Waals surface area contributed by atoms with Crippen molar-refractivity contribution in [3.8, 4) is 0 Å². The van der Waals surface area contributed by atoms with Crippen molar-refractivity contribution >= 4 is 28.3 Å². The molecule has 6 heteroatoms. The Morgan fingerprint density at radius 1 is 1.27 bits per heavy atom. The van der Waals surface area contributed by atoms with Crippen LogP contribution in [0.15, 0.2) is 40.9 Å². The van der Waals surface area contributed by atoms with Crippen LogP contribution in [0, 0.1) is 0 Å². The number of hydrogen-bond donors (Lipinski definition) is 1. The molecule has 1 amide bonds. The van der Waals surface area contributed by atoms with Crippen molar-refractivity contribution in [2.75, 3.05) is 5.32 Å². The van der Waals surface area contributed by atoms with Gasteiger partial charge < -0.3 is 9.73 Å². The van der Waals surface area contributed by atoms with Crippen molar-refractivity contribution < 1.29 is 14.0 Å². The minimum Gasteiger partial charge on any atom is -0.451 e. The van der Waals surface area contributed by atoms with Gasteiger partial charge in [-0.05, 0) is 18.2 Å². The fraction of sp³-hybridized carbons (Fsp3) is 0.188. The Hall–Kier alpha value is -2.89. The first-order chi connectivity index (χ1) is 10.5. The summed E-state index contributed by atoms with van der Waals surface area (Å²) in [6, 6.07) is 8.99. The van der Waals surface area contributed by atoms with E-state index in [9.17, 15) is 9.59 Å². The highest BCUT2D eigenvalue weighted by atomic mass is 16.3. The third-order valence-electron chi connectivity index (χ3n) is 3.29. The van der Waals surface area contributed by atoms with Crippen LogP contribution < -0.4 is 5.32 Å². The fourth-order valence-electron chi connectivity index (χ4n) is 2.32. The molecule has 0 bridgehead atoms. The number of para-hydroxylation sites is 1. The Bertz CT molecular complexity index is 861. The zero-order chi connectivity index (χ0) is 15.7. The van der Waals surface area contributed by atoms with Gasteiger partial charge in [-0.15, -0.1) is 0 Å². The van der Waals surface area contributed by atoms with Gasteiger partial charge in [-0.3, -0.25) is 14.3 Å². The predicted molar refractivity (Wildman–Crippen MR) is 81.8 cm³/mol. The van der Waals surface area contributed by atoms with Crippen LogP contribution in [-0.4, -0.2) is 21.5 Å². The summed E-state index contributed by atoms with van der Waals surface area (Å²) < 4.78 is 7.17. The lowest BCUT2D eigenvalue weighted by Gasteiger charge is -2.03. The van der Waals surface area contributed by atoms with E-state index in [2.05, 4.69) is 10.4 Å². The molecule has 2 aromatic heterocycles. The highest BCUT2D eigenvalue weighted by Gasteiger charge is 2.19. The van der Waals surface area contributed by atoms with Crippen LogP contribution in [0.3, 0.4) is 0 Å². The summed E-state index contributed by atoms with van der Waals surface area (Å²) in [6.07, 6.45) is 1.91. The number of Topliss-reactive ketones (excluding diaryl/α,β-unsaturated/α-hetero) is 1. The second-order valence-electron chi connectivity index (χ2n) is 5.06. The number of aryl methyl sites for hydroxylation is 1. The Kier molecular flexibility index (Phi) is 3.50. The second-order valence-corrected chi connectivity index (χ2v) is 5.06. The number of nitrogens with one attached hydrogen (secondary N) is 1. The van der Waals surface area contributed by atoms with Crippen molar-refractivity contribution in [3.63, 3.8) is 0 Å². The largest absolute Gasteiger partial charge is 0.451 e. The van der Waals surface area contributed by atoms with Gasteiger partial charge >= 0.3 is 0 Å². The van der Waals surface area contributed by atoms with Crippen LogP contribution in [0.25, 0.3) is 11.0 Å². The summed E-state index contributed by atoms with van der Waals surface area (Å²) in [6.45, 7) is 1.41. The Morgan fingerprint density at radius 2 is 2.05 bits per heavy atom. The highest BCUT2D eigenvalue weighted by molar-refractivity contribution is 6.10. The van der Waals surface area contributed by atoms with Gasteiger partial charge in [0.15, 0.2) is 11.5 Å². The van der Waals surface area contributed by atoms with Gasteiger partial charge in [0.2, 0.25) is 5.91 Å². The molecule has 3 rings (SSSR count). The first-order valence-corrected chi connectivity index (χ1v) is 6.85. The molecular weight excluding hydrogens is 282 g/mol. The van der Waals surface area contributed by atoms with Crippen LogP contribution in [0.4, 0.5) is 5.69 Å². The molecule has 0 atom stereocenters. The minimum absolute atomic E-state index is 0.137. The molecule has 0 spiro atoms. The predicted octanol–water partition coefficient (Wildman–Crippen LogP) is 2.55. The number of amides is 1. The third-order valence-corrected chi connectivity index (χ3v) is 3.29. The number of fused-ring (bicyclic) bond motifs is 1. The Morgan fingerprint density at radius 3 is 2.73 bits per heavy atom. The molecule has 3 aromatic rings. The molecule has 22 heavy (non-hydrogen) atoms. The smallest absolute Gasteiger partial charge is 0.230 e. The van der Waals surface area contributed by atoms with E-state index in [-0.39, 0.29) is 23.9 Å². The number of anilines is 1. The average Bonchev–Trinajstić information content (AvgIpc) is 3.03. The summed E-state index contributed by atoms with van der Waals surface area (Å²) in [5.41, 5.74) is 1.65. The molecule has 0 saturated carbocycles. The van der Waals surface area contributed by atoms with Crippen LogP contribution >= 0.6 is 0 Å². The van der Waals surface area contributed by atoms with Gasteiger partial charge in [0.25, 0.3) is 0 Å². The number of carbonyl (C=O) groups is 2. The number of ketones is 1. The molecule has 1 N–H and O–H groups in total. The molecule has 0 aliphatic heterocycles. The van der Waals surface area contributed by atoms with Crippen LogP contribution in [-0.2, 0) is 18.3 Å². The number of carbonyl (C=O) groups excluding carboxylic acids is 2. The third kappa shape index (κ3) is 2.63. The van der Waals surface area contributed by atoms with Crippen molar-refractivity contribution in [3.05, 3.63) is 48.0 Å². The average molecular weight is 297 g/mol. The van der Waals surface area contributed by atoms with E-state index < -0.39 is 0 Å². The zero-order valence-corrected chi connectivity index (χ0v) is 12.3. The topological polar surface area (TPSA) is 77.1 Å². The summed E-state index contributed by atoms with van der Waals surface area (Å²) in [4.78, 5) is 23.9. The highest BCUT2D eigenvalue weighted by Crippen LogP contribution is 2.31. The first kappa shape index (κ1) is 14.1. The molecule has 112 valence electrons. The SMILES string of the molecule is CC(=O)c1oc2ccccc2c1NC(=O)Cc1ccn(C)n1. The second kappa shape index (κ2) is 5.48. The number of hydrogen-bond acceptors (Lipinski definition) is 4. The van der Waals surface area contributed by atoms with Gasteiger partial charge in [-0.1, -0.05) is 12.1 Å². The van der Waals surface area contributed by atoms with E-state index in [1.54, 1.807) is 30.1 Å². The standard InChI is InChI=1S/C16H15N3O3/c1-10(20)16-15(12-5-3-4-6-13(12)22-16)17-14(21)9-11-7-8-19(2)18-11/h3-8H,9H2,1-2H3,(H,17,21). The van der Waals surface area contributed by atoms with E-state index in [4.69, 9.17) is 4.42 Å². The van der Waals surface area contributed by atoms with E-state index in [0.717, 1.165) is 0 Å². The molecule has 2 heterocycles. The first-order valence-electron chi connectivity index (χ1n) is 6.85. The lowest BCUT2D eigenvalue weighted by atomic mass is 10.2. The Balaban J connectivity index is 1.90. The molecular formula is C16H15N3O3. The van der Waals surface area contributed by atoms with Crippen molar-refractivity contribution in [1.29, 1.82) is 0 Å². The lowest BCUT2D eigenvalue weighted by molar-refractivity contribution is -0.115. The van der Waals surface area contributed by atoms with E-state index in [0.29, 0.717) is 22.4 Å². The van der Waals surface area contributed by atoms with Crippen molar-refractivity contribution in [2.45, 2.75) is 13.3 Å².